The maximum absolute atomic E-state index is 13.5. The Balaban J connectivity index is 1.52. The molecule has 9 heteroatoms. The monoisotopic (exact) mass is 475 g/mol. The van der Waals surface area contributed by atoms with Crippen LogP contribution < -0.4 is 5.56 Å². The van der Waals surface area contributed by atoms with Gasteiger partial charge in [0, 0.05) is 23.8 Å². The van der Waals surface area contributed by atoms with Gasteiger partial charge in [-0.2, -0.15) is 5.10 Å². The zero-order valence-electron chi connectivity index (χ0n) is 17.5. The summed E-state index contributed by atoms with van der Waals surface area (Å²) >= 11 is 7.39. The first-order chi connectivity index (χ1) is 16.0. The number of aromatic amines is 1. The van der Waals surface area contributed by atoms with Crippen LogP contribution in [0.2, 0.25) is 5.02 Å². The van der Waals surface area contributed by atoms with Crippen LogP contribution in [0.15, 0.2) is 77.0 Å². The molecule has 7 nitrogen and oxygen atoms in total. The van der Waals surface area contributed by atoms with Crippen molar-refractivity contribution in [1.82, 2.24) is 24.6 Å². The highest BCUT2D eigenvalue weighted by atomic mass is 35.5. The summed E-state index contributed by atoms with van der Waals surface area (Å²) in [7, 11) is 1.67. The second kappa shape index (κ2) is 8.65. The lowest BCUT2D eigenvalue weighted by atomic mass is 10.1. The van der Waals surface area contributed by atoms with Gasteiger partial charge in [-0.05, 0) is 35.7 Å². The van der Waals surface area contributed by atoms with E-state index in [1.54, 1.807) is 36.1 Å². The first kappa shape index (κ1) is 21.1. The lowest BCUT2D eigenvalue weighted by molar-refractivity contribution is 0.0782. The minimum Gasteiger partial charge on any atom is -0.334 e. The topological polar surface area (TPSA) is 83.9 Å². The fraction of sp³-hybridized carbons (Fsp3) is 0.0833. The predicted octanol–water partition coefficient (Wildman–Crippen LogP) is 4.76. The zero-order chi connectivity index (χ0) is 22.9. The number of amides is 1. The Morgan fingerprint density at radius 3 is 2.64 bits per heavy atom. The van der Waals surface area contributed by atoms with Crippen LogP contribution in [0, 0.1) is 0 Å². The van der Waals surface area contributed by atoms with Crippen molar-refractivity contribution in [3.8, 4) is 16.9 Å². The largest absolute Gasteiger partial charge is 0.334 e. The van der Waals surface area contributed by atoms with Crippen molar-refractivity contribution in [2.45, 2.75) is 6.54 Å². The summed E-state index contributed by atoms with van der Waals surface area (Å²) in [5, 5.41) is 7.12. The standard InChI is InChI=1S/C24H18ClN5O2S/c1-29(14-20-26-19-11-12-33-22(19)23(31)27-20)24(32)18-13-30(17-5-3-2-4-6-17)28-21(18)15-7-9-16(25)10-8-15/h2-13H,14H2,1H3,(H,26,27,31). The van der Waals surface area contributed by atoms with E-state index in [1.807, 2.05) is 47.8 Å². The molecular weight excluding hydrogens is 458 g/mol. The first-order valence-electron chi connectivity index (χ1n) is 10.1. The van der Waals surface area contributed by atoms with Gasteiger partial charge in [0.15, 0.2) is 0 Å². The van der Waals surface area contributed by atoms with Gasteiger partial charge in [-0.15, -0.1) is 11.3 Å². The maximum Gasteiger partial charge on any atom is 0.268 e. The van der Waals surface area contributed by atoms with Crippen molar-refractivity contribution < 1.29 is 4.79 Å². The molecule has 0 saturated heterocycles. The second-order valence-corrected chi connectivity index (χ2v) is 8.84. The van der Waals surface area contributed by atoms with Crippen LogP contribution in [0.25, 0.3) is 27.2 Å². The molecule has 164 valence electrons. The van der Waals surface area contributed by atoms with Gasteiger partial charge in [-0.1, -0.05) is 41.9 Å². The van der Waals surface area contributed by atoms with Crippen molar-refractivity contribution in [2.75, 3.05) is 7.05 Å². The van der Waals surface area contributed by atoms with E-state index in [4.69, 9.17) is 16.7 Å². The van der Waals surface area contributed by atoms with Crippen molar-refractivity contribution in [1.29, 1.82) is 0 Å². The number of H-pyrrole nitrogens is 1. The molecule has 2 aromatic carbocycles. The summed E-state index contributed by atoms with van der Waals surface area (Å²) in [6.07, 6.45) is 1.72. The molecule has 1 amide bonds. The van der Waals surface area contributed by atoms with E-state index < -0.39 is 0 Å². The molecule has 0 radical (unpaired) electrons. The lowest BCUT2D eigenvalue weighted by Crippen LogP contribution is -2.28. The molecule has 0 unspecified atom stereocenters. The van der Waals surface area contributed by atoms with Gasteiger partial charge in [-0.3, -0.25) is 9.59 Å². The molecule has 3 aromatic heterocycles. The number of benzene rings is 2. The summed E-state index contributed by atoms with van der Waals surface area (Å²) < 4.78 is 2.25. The van der Waals surface area contributed by atoms with E-state index in [1.165, 1.54) is 16.2 Å². The molecule has 0 spiro atoms. The van der Waals surface area contributed by atoms with Crippen LogP contribution in [0.1, 0.15) is 16.2 Å². The first-order valence-corrected chi connectivity index (χ1v) is 11.4. The number of aromatic nitrogens is 4. The SMILES string of the molecule is CN(Cc1nc2ccsc2c(=O)[nH]1)C(=O)c1cn(-c2ccccc2)nc1-c1ccc(Cl)cc1. The molecule has 0 atom stereocenters. The van der Waals surface area contributed by atoms with Crippen LogP contribution >= 0.6 is 22.9 Å². The minimum atomic E-state index is -0.241. The average molecular weight is 476 g/mol. The highest BCUT2D eigenvalue weighted by Gasteiger charge is 2.22. The summed E-state index contributed by atoms with van der Waals surface area (Å²) in [5.41, 5.74) is 3.01. The lowest BCUT2D eigenvalue weighted by Gasteiger charge is -2.16. The molecule has 0 bridgehead atoms. The predicted molar refractivity (Wildman–Crippen MR) is 130 cm³/mol. The third-order valence-corrected chi connectivity index (χ3v) is 6.33. The Hall–Kier alpha value is -3.75. The van der Waals surface area contributed by atoms with Crippen LogP contribution in [0.5, 0.6) is 0 Å². The number of rotatable bonds is 5. The number of nitrogens with zero attached hydrogens (tertiary/aromatic N) is 4. The van der Waals surface area contributed by atoms with Gasteiger partial charge in [0.25, 0.3) is 11.5 Å². The Morgan fingerprint density at radius 1 is 1.12 bits per heavy atom. The molecule has 33 heavy (non-hydrogen) atoms. The third kappa shape index (κ3) is 4.18. The summed E-state index contributed by atoms with van der Waals surface area (Å²) in [6.45, 7) is 0.149. The molecule has 3 heterocycles. The number of halogens is 1. The van der Waals surface area contributed by atoms with Gasteiger partial charge in [0.05, 0.1) is 23.3 Å². The average Bonchev–Trinajstić information content (AvgIpc) is 3.47. The number of hydrogen-bond acceptors (Lipinski definition) is 5. The van der Waals surface area contributed by atoms with E-state index in [9.17, 15) is 9.59 Å². The molecule has 0 aliphatic heterocycles. The molecule has 1 N–H and O–H groups in total. The van der Waals surface area contributed by atoms with E-state index in [-0.39, 0.29) is 18.0 Å². The normalized spacial score (nSPS) is 11.1. The number of para-hydroxylation sites is 1. The third-order valence-electron chi connectivity index (χ3n) is 5.18. The van der Waals surface area contributed by atoms with Crippen molar-refractivity contribution in [3.63, 3.8) is 0 Å². The molecular formula is C24H18ClN5O2S. The number of carbonyl (C=O) groups is 1. The van der Waals surface area contributed by atoms with E-state index >= 15 is 0 Å². The van der Waals surface area contributed by atoms with Gasteiger partial charge < -0.3 is 9.88 Å². The van der Waals surface area contributed by atoms with Crippen molar-refractivity contribution >= 4 is 39.1 Å². The smallest absolute Gasteiger partial charge is 0.268 e. The van der Waals surface area contributed by atoms with Crippen LogP contribution in [-0.4, -0.2) is 37.6 Å². The Morgan fingerprint density at radius 2 is 1.88 bits per heavy atom. The van der Waals surface area contributed by atoms with Gasteiger partial charge in [-0.25, -0.2) is 9.67 Å². The molecule has 0 fully saturated rings. The fourth-order valence-electron chi connectivity index (χ4n) is 3.56. The molecule has 5 aromatic rings. The van der Waals surface area contributed by atoms with Gasteiger partial charge in [0.2, 0.25) is 0 Å². The summed E-state index contributed by atoms with van der Waals surface area (Å²) in [4.78, 5) is 34.5. The van der Waals surface area contributed by atoms with E-state index in [2.05, 4.69) is 9.97 Å². The number of carbonyl (C=O) groups excluding carboxylic acids is 1. The minimum absolute atomic E-state index is 0.149. The zero-order valence-corrected chi connectivity index (χ0v) is 19.1. The van der Waals surface area contributed by atoms with Crippen LogP contribution in [0.3, 0.4) is 0 Å². The fourth-order valence-corrected chi connectivity index (χ4v) is 4.41. The maximum atomic E-state index is 13.5. The molecule has 5 rings (SSSR count). The van der Waals surface area contributed by atoms with E-state index in [0.717, 1.165) is 11.3 Å². The Kier molecular flexibility index (Phi) is 5.53. The molecule has 0 aliphatic rings. The number of hydrogen-bond donors (Lipinski definition) is 1. The Bertz CT molecular complexity index is 1510. The highest BCUT2D eigenvalue weighted by Crippen LogP contribution is 2.26. The Labute approximate surface area is 197 Å². The van der Waals surface area contributed by atoms with E-state index in [0.29, 0.717) is 32.3 Å². The quantitative estimate of drug-likeness (QED) is 0.397. The molecule has 0 saturated carbocycles. The number of fused-ring (bicyclic) bond motifs is 1. The van der Waals surface area contributed by atoms with Crippen molar-refractivity contribution in [2.24, 2.45) is 0 Å². The van der Waals surface area contributed by atoms with Crippen LogP contribution in [0.4, 0.5) is 0 Å². The van der Waals surface area contributed by atoms with Crippen LogP contribution in [-0.2, 0) is 6.54 Å². The second-order valence-electron chi connectivity index (χ2n) is 7.49. The van der Waals surface area contributed by atoms with Gasteiger partial charge in [0.1, 0.15) is 16.2 Å². The highest BCUT2D eigenvalue weighted by molar-refractivity contribution is 7.17. The van der Waals surface area contributed by atoms with Crippen molar-refractivity contribution in [3.05, 3.63) is 99.0 Å². The number of thiophene rings is 1. The molecule has 0 aliphatic carbocycles. The van der Waals surface area contributed by atoms with Gasteiger partial charge >= 0.3 is 0 Å². The summed E-state index contributed by atoms with van der Waals surface area (Å²) in [6, 6.07) is 18.6. The number of nitrogens with one attached hydrogen (secondary N) is 1. The summed E-state index contributed by atoms with van der Waals surface area (Å²) in [5.74, 6) is 0.181.